The minimum atomic E-state index is -0.920. The van der Waals surface area contributed by atoms with Crippen LogP contribution in [0.1, 0.15) is 24.2 Å². The topological polar surface area (TPSA) is 93.5 Å². The maximum atomic E-state index is 11.9. The Bertz CT molecular complexity index is 487. The number of rotatable bonds is 6. The van der Waals surface area contributed by atoms with Gasteiger partial charge in [-0.25, -0.2) is 0 Å². The van der Waals surface area contributed by atoms with Crippen LogP contribution in [0.2, 0.25) is 0 Å². The number of nitrogens with two attached hydrogens (primary N) is 1. The SMILES string of the molecule is COc1cccc(C(=O)NCCNC(=O)C(C)(C)N)c1.Cl. The van der Waals surface area contributed by atoms with E-state index >= 15 is 0 Å². The summed E-state index contributed by atoms with van der Waals surface area (Å²) in [5.74, 6) is 0.147. The van der Waals surface area contributed by atoms with E-state index < -0.39 is 5.54 Å². The fraction of sp³-hybridized carbons (Fsp3) is 0.429. The van der Waals surface area contributed by atoms with Gasteiger partial charge in [-0.3, -0.25) is 9.59 Å². The summed E-state index contributed by atoms with van der Waals surface area (Å²) in [7, 11) is 1.54. The van der Waals surface area contributed by atoms with Crippen molar-refractivity contribution in [3.05, 3.63) is 29.8 Å². The number of ether oxygens (including phenoxy) is 1. The molecule has 0 aliphatic carbocycles. The molecule has 6 nitrogen and oxygen atoms in total. The van der Waals surface area contributed by atoms with Crippen LogP contribution >= 0.6 is 12.4 Å². The molecule has 0 saturated carbocycles. The van der Waals surface area contributed by atoms with Crippen molar-refractivity contribution in [3.63, 3.8) is 0 Å². The highest BCUT2D eigenvalue weighted by Gasteiger charge is 2.20. The van der Waals surface area contributed by atoms with Gasteiger partial charge in [-0.1, -0.05) is 6.07 Å². The van der Waals surface area contributed by atoms with Gasteiger partial charge < -0.3 is 21.1 Å². The number of carbonyl (C=O) groups excluding carboxylic acids is 2. The smallest absolute Gasteiger partial charge is 0.251 e. The first-order chi connectivity index (χ1) is 9.34. The Kier molecular flexibility index (Phi) is 7.76. The molecule has 0 heterocycles. The second-order valence-electron chi connectivity index (χ2n) is 4.97. The van der Waals surface area contributed by atoms with Crippen molar-refractivity contribution in [3.8, 4) is 5.75 Å². The Labute approximate surface area is 130 Å². The quantitative estimate of drug-likeness (QED) is 0.674. The van der Waals surface area contributed by atoms with Gasteiger partial charge >= 0.3 is 0 Å². The van der Waals surface area contributed by atoms with E-state index in [1.54, 1.807) is 45.2 Å². The van der Waals surface area contributed by atoms with Crippen LogP contribution < -0.4 is 21.1 Å². The molecule has 21 heavy (non-hydrogen) atoms. The van der Waals surface area contributed by atoms with E-state index in [4.69, 9.17) is 10.5 Å². The van der Waals surface area contributed by atoms with Crippen molar-refractivity contribution >= 4 is 24.2 Å². The minimum Gasteiger partial charge on any atom is -0.497 e. The van der Waals surface area contributed by atoms with Gasteiger partial charge in [0.05, 0.1) is 12.6 Å². The lowest BCUT2D eigenvalue weighted by Crippen LogP contribution is -2.50. The summed E-state index contributed by atoms with van der Waals surface area (Å²) in [6.07, 6.45) is 0. The predicted octanol–water partition coefficient (Wildman–Crippen LogP) is 0.700. The van der Waals surface area contributed by atoms with Crippen molar-refractivity contribution in [2.75, 3.05) is 20.2 Å². The summed E-state index contributed by atoms with van der Waals surface area (Å²) in [6.45, 7) is 3.90. The zero-order valence-electron chi connectivity index (χ0n) is 12.4. The molecule has 0 fully saturated rings. The second kappa shape index (κ2) is 8.49. The summed E-state index contributed by atoms with van der Waals surface area (Å²) >= 11 is 0. The van der Waals surface area contributed by atoms with E-state index in [0.29, 0.717) is 24.4 Å². The van der Waals surface area contributed by atoms with E-state index in [-0.39, 0.29) is 24.2 Å². The molecular formula is C14H22ClN3O3. The number of carbonyl (C=O) groups is 2. The first-order valence-electron chi connectivity index (χ1n) is 6.34. The molecule has 1 rings (SSSR count). The molecule has 1 aromatic carbocycles. The average Bonchev–Trinajstić information content (AvgIpc) is 2.42. The van der Waals surface area contributed by atoms with E-state index in [1.165, 1.54) is 0 Å². The Morgan fingerprint density at radius 1 is 1.24 bits per heavy atom. The fourth-order valence-corrected chi connectivity index (χ4v) is 1.45. The van der Waals surface area contributed by atoms with Gasteiger partial charge in [0.25, 0.3) is 5.91 Å². The third-order valence-corrected chi connectivity index (χ3v) is 2.61. The molecule has 1 aromatic rings. The van der Waals surface area contributed by atoms with Crippen LogP contribution in [-0.4, -0.2) is 37.6 Å². The zero-order chi connectivity index (χ0) is 15.2. The lowest BCUT2D eigenvalue weighted by molar-refractivity contribution is -0.125. The second-order valence-corrected chi connectivity index (χ2v) is 4.97. The first kappa shape index (κ1) is 19.2. The predicted molar refractivity (Wildman–Crippen MR) is 83.9 cm³/mol. The molecular weight excluding hydrogens is 294 g/mol. The molecule has 0 aromatic heterocycles. The van der Waals surface area contributed by atoms with E-state index in [0.717, 1.165) is 0 Å². The van der Waals surface area contributed by atoms with Gasteiger partial charge in [0.15, 0.2) is 0 Å². The zero-order valence-corrected chi connectivity index (χ0v) is 13.3. The fourth-order valence-electron chi connectivity index (χ4n) is 1.45. The average molecular weight is 316 g/mol. The molecule has 2 amide bonds. The first-order valence-corrected chi connectivity index (χ1v) is 6.34. The van der Waals surface area contributed by atoms with Crippen molar-refractivity contribution in [2.45, 2.75) is 19.4 Å². The maximum Gasteiger partial charge on any atom is 0.251 e. The maximum absolute atomic E-state index is 11.9. The monoisotopic (exact) mass is 315 g/mol. The Hall–Kier alpha value is -1.79. The number of methoxy groups -OCH3 is 1. The molecule has 0 spiro atoms. The third-order valence-electron chi connectivity index (χ3n) is 2.61. The Morgan fingerprint density at radius 3 is 2.43 bits per heavy atom. The van der Waals surface area contributed by atoms with E-state index in [2.05, 4.69) is 10.6 Å². The van der Waals surface area contributed by atoms with Crippen LogP contribution in [-0.2, 0) is 4.79 Å². The van der Waals surface area contributed by atoms with Crippen molar-refractivity contribution in [2.24, 2.45) is 5.73 Å². The molecule has 0 bridgehead atoms. The highest BCUT2D eigenvalue weighted by molar-refractivity contribution is 5.94. The molecule has 0 aliphatic heterocycles. The Morgan fingerprint density at radius 2 is 1.86 bits per heavy atom. The van der Waals surface area contributed by atoms with Crippen LogP contribution in [0.5, 0.6) is 5.75 Å². The van der Waals surface area contributed by atoms with E-state index in [9.17, 15) is 9.59 Å². The van der Waals surface area contributed by atoms with E-state index in [1.807, 2.05) is 0 Å². The van der Waals surface area contributed by atoms with Crippen LogP contribution in [0.4, 0.5) is 0 Å². The van der Waals surface area contributed by atoms with Gasteiger partial charge in [0.1, 0.15) is 5.75 Å². The Balaban J connectivity index is 0.00000400. The lowest BCUT2D eigenvalue weighted by atomic mass is 10.1. The van der Waals surface area contributed by atoms with Gasteiger partial charge in [-0.05, 0) is 32.0 Å². The van der Waals surface area contributed by atoms with Gasteiger partial charge in [0, 0.05) is 18.7 Å². The minimum absolute atomic E-state index is 0. The van der Waals surface area contributed by atoms with Crippen LogP contribution in [0, 0.1) is 0 Å². The molecule has 0 saturated heterocycles. The van der Waals surface area contributed by atoms with Gasteiger partial charge in [-0.2, -0.15) is 0 Å². The summed E-state index contributed by atoms with van der Waals surface area (Å²) in [4.78, 5) is 23.3. The van der Waals surface area contributed by atoms with Gasteiger partial charge in [0.2, 0.25) is 5.91 Å². The van der Waals surface area contributed by atoms with Crippen molar-refractivity contribution < 1.29 is 14.3 Å². The third kappa shape index (κ3) is 6.46. The molecule has 0 radical (unpaired) electrons. The largest absolute Gasteiger partial charge is 0.497 e. The van der Waals surface area contributed by atoms with Crippen LogP contribution in [0.15, 0.2) is 24.3 Å². The summed E-state index contributed by atoms with van der Waals surface area (Å²) in [5, 5.41) is 5.36. The molecule has 0 aliphatic rings. The van der Waals surface area contributed by atoms with Crippen molar-refractivity contribution in [1.29, 1.82) is 0 Å². The number of halogens is 1. The number of amides is 2. The summed E-state index contributed by atoms with van der Waals surface area (Å²) < 4.78 is 5.05. The van der Waals surface area contributed by atoms with Crippen LogP contribution in [0.25, 0.3) is 0 Å². The standard InChI is InChI=1S/C14H21N3O3.ClH/c1-14(2,15)13(19)17-8-7-16-12(18)10-5-4-6-11(9-10)20-3;/h4-6,9H,7-8,15H2,1-3H3,(H,16,18)(H,17,19);1H. The van der Waals surface area contributed by atoms with Gasteiger partial charge in [-0.15, -0.1) is 12.4 Å². The molecule has 118 valence electrons. The molecule has 4 N–H and O–H groups in total. The normalized spacial score (nSPS) is 10.3. The molecule has 0 unspecified atom stereocenters. The number of hydrogen-bond donors (Lipinski definition) is 3. The number of nitrogens with one attached hydrogen (secondary N) is 2. The van der Waals surface area contributed by atoms with Crippen molar-refractivity contribution in [1.82, 2.24) is 10.6 Å². The summed E-state index contributed by atoms with van der Waals surface area (Å²) in [6, 6.07) is 6.85. The highest BCUT2D eigenvalue weighted by atomic mass is 35.5. The molecule has 7 heteroatoms. The lowest BCUT2D eigenvalue weighted by Gasteiger charge is -2.17. The highest BCUT2D eigenvalue weighted by Crippen LogP contribution is 2.12. The molecule has 0 atom stereocenters. The summed E-state index contributed by atoms with van der Waals surface area (Å²) in [5.41, 5.74) is 5.22. The number of benzene rings is 1. The number of hydrogen-bond acceptors (Lipinski definition) is 4. The van der Waals surface area contributed by atoms with Crippen LogP contribution in [0.3, 0.4) is 0 Å².